The minimum atomic E-state index is -3.52. The van der Waals surface area contributed by atoms with Crippen molar-refractivity contribution < 1.29 is 23.1 Å². The van der Waals surface area contributed by atoms with Gasteiger partial charge in [0.05, 0.1) is 36.4 Å². The van der Waals surface area contributed by atoms with Crippen LogP contribution in [0.1, 0.15) is 33.8 Å². The number of aromatic carboxylic acids is 1. The molecule has 1 aliphatic rings. The number of nitrogens with zero attached hydrogens (tertiary/aromatic N) is 3. The topological polar surface area (TPSA) is 126 Å². The molecule has 0 unspecified atom stereocenters. The lowest BCUT2D eigenvalue weighted by Crippen LogP contribution is -2.30. The van der Waals surface area contributed by atoms with Crippen molar-refractivity contribution in [2.45, 2.75) is 12.1 Å². The first-order valence-corrected chi connectivity index (χ1v) is 14.1. The number of aromatic nitrogens is 2. The summed E-state index contributed by atoms with van der Waals surface area (Å²) in [6.07, 6.45) is 4.65. The predicted molar refractivity (Wildman–Crippen MR) is 152 cm³/mol. The third kappa shape index (κ3) is 5.29. The number of carboxylic acids is 1. The van der Waals surface area contributed by atoms with Gasteiger partial charge in [-0.05, 0) is 66.8 Å². The molecule has 3 heterocycles. The standard InChI is InChI=1S/C27H25N5O5S2/c1-37-23-16-19(11-12-20(23)30-39(2,35)36)32-25(24(29-27(32)38)21-9-3-4-13-28-21)22-10-6-14-31(22)18-8-5-7-17(15-18)26(33)34/h3-16,24-25,30H,1-2H3,(H,29,38)(H,33,34)/t24-,25+/m1/s1. The van der Waals surface area contributed by atoms with E-state index in [0.29, 0.717) is 27.9 Å². The van der Waals surface area contributed by atoms with Crippen LogP contribution in [0.15, 0.2) is 85.2 Å². The molecular formula is C27H25N5O5S2. The van der Waals surface area contributed by atoms with Gasteiger partial charge in [-0.2, -0.15) is 0 Å². The Balaban J connectivity index is 1.65. The molecule has 0 spiro atoms. The Kier molecular flexibility index (Phi) is 6.98. The van der Waals surface area contributed by atoms with Crippen molar-refractivity contribution in [3.05, 3.63) is 102 Å². The van der Waals surface area contributed by atoms with Crippen LogP contribution in [0.4, 0.5) is 11.4 Å². The fourth-order valence-corrected chi connectivity index (χ4v) is 5.62. The van der Waals surface area contributed by atoms with Crippen LogP contribution in [0.25, 0.3) is 5.69 Å². The summed E-state index contributed by atoms with van der Waals surface area (Å²) in [4.78, 5) is 18.1. The van der Waals surface area contributed by atoms with Gasteiger partial charge in [0.1, 0.15) is 11.8 Å². The molecular weight excluding hydrogens is 538 g/mol. The summed E-state index contributed by atoms with van der Waals surface area (Å²) in [5, 5.41) is 13.4. The van der Waals surface area contributed by atoms with Gasteiger partial charge in [-0.1, -0.05) is 12.1 Å². The number of anilines is 2. The molecule has 2 aromatic carbocycles. The smallest absolute Gasteiger partial charge is 0.335 e. The average molecular weight is 564 g/mol. The van der Waals surface area contributed by atoms with Crippen molar-refractivity contribution in [2.24, 2.45) is 0 Å². The second kappa shape index (κ2) is 10.4. The molecule has 1 fully saturated rings. The predicted octanol–water partition coefficient (Wildman–Crippen LogP) is 4.13. The number of carbonyl (C=O) groups is 1. The molecule has 0 bridgehead atoms. The van der Waals surface area contributed by atoms with E-state index in [1.807, 2.05) is 52.1 Å². The number of nitrogens with one attached hydrogen (secondary N) is 2. The Morgan fingerprint density at radius 1 is 1.08 bits per heavy atom. The molecule has 5 rings (SSSR count). The molecule has 10 nitrogen and oxygen atoms in total. The van der Waals surface area contributed by atoms with Crippen LogP contribution in [-0.4, -0.2) is 47.5 Å². The van der Waals surface area contributed by atoms with Gasteiger partial charge < -0.3 is 24.6 Å². The zero-order valence-electron chi connectivity index (χ0n) is 21.0. The van der Waals surface area contributed by atoms with E-state index in [1.165, 1.54) is 7.11 Å². The number of carboxylic acid groups (broad SMARTS) is 1. The first-order chi connectivity index (χ1) is 18.7. The van der Waals surface area contributed by atoms with Crippen LogP contribution >= 0.6 is 12.2 Å². The number of pyridine rings is 1. The van der Waals surface area contributed by atoms with E-state index in [0.717, 1.165) is 17.6 Å². The van der Waals surface area contributed by atoms with Crippen LogP contribution in [0.5, 0.6) is 5.75 Å². The Hall–Kier alpha value is -4.42. The van der Waals surface area contributed by atoms with E-state index in [-0.39, 0.29) is 11.6 Å². The van der Waals surface area contributed by atoms with Crippen molar-refractivity contribution in [1.29, 1.82) is 0 Å². The molecule has 0 aliphatic carbocycles. The average Bonchev–Trinajstić information content (AvgIpc) is 3.53. The molecule has 1 aliphatic heterocycles. The third-order valence-corrected chi connectivity index (χ3v) is 7.22. The number of hydrogen-bond acceptors (Lipinski definition) is 6. The maximum Gasteiger partial charge on any atom is 0.335 e. The molecule has 200 valence electrons. The molecule has 0 radical (unpaired) electrons. The van der Waals surface area contributed by atoms with Crippen molar-refractivity contribution in [3.8, 4) is 11.4 Å². The summed E-state index contributed by atoms with van der Waals surface area (Å²) in [7, 11) is -2.06. The SMILES string of the molecule is COc1cc(N2C(=S)N[C@H](c3ccccn3)[C@@H]2c2cccn2-c2cccc(C(=O)O)c2)ccc1NS(C)(=O)=O. The minimum Gasteiger partial charge on any atom is -0.494 e. The van der Waals surface area contributed by atoms with Crippen LogP contribution in [0.2, 0.25) is 0 Å². The third-order valence-electron chi connectivity index (χ3n) is 6.31. The Bertz CT molecular complexity index is 1660. The van der Waals surface area contributed by atoms with Crippen LogP contribution in [-0.2, 0) is 10.0 Å². The molecule has 0 amide bonds. The molecule has 0 saturated carbocycles. The Morgan fingerprint density at radius 2 is 1.90 bits per heavy atom. The van der Waals surface area contributed by atoms with Crippen molar-refractivity contribution >= 4 is 44.7 Å². The highest BCUT2D eigenvalue weighted by Gasteiger charge is 2.42. The number of hydrogen-bond donors (Lipinski definition) is 3. The molecule has 4 aromatic rings. The molecule has 2 aromatic heterocycles. The van der Waals surface area contributed by atoms with E-state index in [4.69, 9.17) is 17.0 Å². The largest absolute Gasteiger partial charge is 0.494 e. The highest BCUT2D eigenvalue weighted by Crippen LogP contribution is 2.44. The summed E-state index contributed by atoms with van der Waals surface area (Å²) in [5.74, 6) is -0.692. The number of rotatable bonds is 8. The molecule has 12 heteroatoms. The first kappa shape index (κ1) is 26.2. The number of thiocarbonyl (C=S) groups is 1. The normalized spacial score (nSPS) is 17.1. The number of benzene rings is 2. The van der Waals surface area contributed by atoms with Crippen LogP contribution in [0, 0.1) is 0 Å². The molecule has 39 heavy (non-hydrogen) atoms. The second-order valence-corrected chi connectivity index (χ2v) is 11.0. The second-order valence-electron chi connectivity index (χ2n) is 8.91. The monoisotopic (exact) mass is 563 g/mol. The highest BCUT2D eigenvalue weighted by molar-refractivity contribution is 7.92. The van der Waals surface area contributed by atoms with E-state index in [9.17, 15) is 18.3 Å². The van der Waals surface area contributed by atoms with Crippen LogP contribution < -0.4 is 19.7 Å². The van der Waals surface area contributed by atoms with Gasteiger partial charge >= 0.3 is 5.97 Å². The van der Waals surface area contributed by atoms with Gasteiger partial charge in [-0.25, -0.2) is 13.2 Å². The Morgan fingerprint density at radius 3 is 2.59 bits per heavy atom. The summed E-state index contributed by atoms with van der Waals surface area (Å²) in [6.45, 7) is 0. The molecule has 3 N–H and O–H groups in total. The van der Waals surface area contributed by atoms with Gasteiger partial charge in [0.25, 0.3) is 0 Å². The van der Waals surface area contributed by atoms with Gasteiger partial charge in [0.15, 0.2) is 5.11 Å². The Labute approximate surface area is 230 Å². The molecule has 2 atom stereocenters. The van der Waals surface area contributed by atoms with E-state index < -0.39 is 22.0 Å². The van der Waals surface area contributed by atoms with Crippen molar-refractivity contribution in [1.82, 2.24) is 14.9 Å². The van der Waals surface area contributed by atoms with Gasteiger partial charge in [0.2, 0.25) is 10.0 Å². The summed E-state index contributed by atoms with van der Waals surface area (Å²) in [6, 6.07) is 20.5. The van der Waals surface area contributed by atoms with E-state index >= 15 is 0 Å². The number of sulfonamides is 1. The van der Waals surface area contributed by atoms with Crippen LogP contribution in [0.3, 0.4) is 0 Å². The summed E-state index contributed by atoms with van der Waals surface area (Å²) < 4.78 is 33.6. The highest BCUT2D eigenvalue weighted by atomic mass is 32.2. The van der Waals surface area contributed by atoms with Crippen molar-refractivity contribution in [2.75, 3.05) is 23.0 Å². The molecule has 1 saturated heterocycles. The maximum atomic E-state index is 11.9. The lowest BCUT2D eigenvalue weighted by atomic mass is 10.0. The van der Waals surface area contributed by atoms with Gasteiger partial charge in [-0.15, -0.1) is 0 Å². The zero-order chi connectivity index (χ0) is 27.7. The summed E-state index contributed by atoms with van der Waals surface area (Å²) >= 11 is 5.81. The minimum absolute atomic E-state index is 0.170. The first-order valence-electron chi connectivity index (χ1n) is 11.8. The number of methoxy groups -OCH3 is 1. The fourth-order valence-electron chi connectivity index (χ4n) is 4.71. The van der Waals surface area contributed by atoms with E-state index in [1.54, 1.807) is 42.6 Å². The lowest BCUT2D eigenvalue weighted by molar-refractivity contribution is 0.0697. The van der Waals surface area contributed by atoms with Gasteiger partial charge in [-0.3, -0.25) is 9.71 Å². The maximum absolute atomic E-state index is 11.9. The van der Waals surface area contributed by atoms with Crippen molar-refractivity contribution in [3.63, 3.8) is 0 Å². The fraction of sp³-hybridized carbons (Fsp3) is 0.148. The van der Waals surface area contributed by atoms with Gasteiger partial charge in [0, 0.05) is 35.5 Å². The van der Waals surface area contributed by atoms with E-state index in [2.05, 4.69) is 15.0 Å². The number of ether oxygens (including phenoxy) is 1. The quantitative estimate of drug-likeness (QED) is 0.271. The zero-order valence-corrected chi connectivity index (χ0v) is 22.6. The summed E-state index contributed by atoms with van der Waals surface area (Å²) in [5.41, 5.74) is 3.41. The lowest BCUT2D eigenvalue weighted by Gasteiger charge is -2.29.